The maximum absolute atomic E-state index is 13.0. The molecular weight excluding hydrogens is 348 g/mol. The number of aromatic nitrogens is 2. The first-order valence-electron chi connectivity index (χ1n) is 9.16. The van der Waals surface area contributed by atoms with Crippen molar-refractivity contribution in [2.24, 2.45) is 9.98 Å². The molecule has 0 spiro atoms. The van der Waals surface area contributed by atoms with Crippen LogP contribution in [-0.2, 0) is 0 Å². The summed E-state index contributed by atoms with van der Waals surface area (Å²) in [5, 5.41) is 0. The molecule has 1 aromatic heterocycles. The zero-order chi connectivity index (χ0) is 19.3. The molecule has 3 aromatic carbocycles. The average Bonchev–Trinajstić information content (AvgIpc) is 3.13. The van der Waals surface area contributed by atoms with Crippen LogP contribution in [0.3, 0.4) is 0 Å². The molecule has 28 heavy (non-hydrogen) atoms. The quantitative estimate of drug-likeness (QED) is 0.512. The van der Waals surface area contributed by atoms with Crippen LogP contribution in [0.4, 0.5) is 11.4 Å². The van der Waals surface area contributed by atoms with E-state index < -0.39 is 0 Å². The highest BCUT2D eigenvalue weighted by molar-refractivity contribution is 6.47. The molecule has 4 aromatic rings. The molecule has 0 aliphatic carbocycles. The van der Waals surface area contributed by atoms with Crippen LogP contribution in [0, 0.1) is 13.8 Å². The zero-order valence-electron chi connectivity index (χ0n) is 15.6. The van der Waals surface area contributed by atoms with Crippen molar-refractivity contribution in [2.45, 2.75) is 13.8 Å². The summed E-state index contributed by atoms with van der Waals surface area (Å²) in [6, 6.07) is 23.5. The van der Waals surface area contributed by atoms with Crippen LogP contribution in [0.25, 0.3) is 11.0 Å². The Bertz CT molecular complexity index is 1220. The van der Waals surface area contributed by atoms with Crippen molar-refractivity contribution in [3.05, 3.63) is 94.4 Å². The molecule has 1 aliphatic heterocycles. The number of benzene rings is 3. The van der Waals surface area contributed by atoms with Crippen LogP contribution >= 0.6 is 0 Å². The van der Waals surface area contributed by atoms with Crippen molar-refractivity contribution in [1.82, 2.24) is 9.13 Å². The van der Waals surface area contributed by atoms with Gasteiger partial charge in [-0.3, -0.25) is 0 Å². The minimum Gasteiger partial charge on any atom is -0.247 e. The van der Waals surface area contributed by atoms with Crippen LogP contribution in [0.15, 0.2) is 87.6 Å². The Labute approximate surface area is 161 Å². The Morgan fingerprint density at radius 2 is 1.00 bits per heavy atom. The lowest BCUT2D eigenvalue weighted by Crippen LogP contribution is -2.24. The molecule has 0 saturated carbocycles. The summed E-state index contributed by atoms with van der Waals surface area (Å²) in [5.74, 6) is 1.10. The number of hydrogen-bond donors (Lipinski definition) is 0. The van der Waals surface area contributed by atoms with Gasteiger partial charge in [0.25, 0.3) is 0 Å². The Morgan fingerprint density at radius 1 is 0.607 bits per heavy atom. The number of fused-ring (bicyclic) bond motifs is 5. The molecule has 0 N–H and O–H groups in total. The third-order valence-corrected chi connectivity index (χ3v) is 4.91. The molecule has 0 radical (unpaired) electrons. The van der Waals surface area contributed by atoms with Crippen LogP contribution in [0.5, 0.6) is 0 Å². The molecule has 0 amide bonds. The maximum atomic E-state index is 13.0. The highest BCUT2D eigenvalue weighted by atomic mass is 16.2. The largest absolute Gasteiger partial charge is 0.340 e. The first-order valence-corrected chi connectivity index (χ1v) is 9.16. The third kappa shape index (κ3) is 2.52. The van der Waals surface area contributed by atoms with Crippen LogP contribution in [0.2, 0.25) is 0 Å². The van der Waals surface area contributed by atoms with Gasteiger partial charge in [-0.2, -0.15) is 0 Å². The van der Waals surface area contributed by atoms with Crippen LogP contribution < -0.4 is 5.69 Å². The standard InChI is InChI=1S/C23H18N4O/c1-15-7-11-17(12-8-15)24-21-22(25-18-13-9-16(2)10-14-18)27-20-6-4-3-5-19(20)26(21)23(27)28/h3-14H,1-2H3. The van der Waals surface area contributed by atoms with Crippen molar-refractivity contribution < 1.29 is 0 Å². The Kier molecular flexibility index (Phi) is 3.62. The van der Waals surface area contributed by atoms with Crippen molar-refractivity contribution in [2.75, 3.05) is 0 Å². The van der Waals surface area contributed by atoms with Gasteiger partial charge in [-0.25, -0.2) is 23.9 Å². The number of para-hydroxylation sites is 2. The van der Waals surface area contributed by atoms with Gasteiger partial charge in [0.1, 0.15) is 0 Å². The number of hydrogen-bond acceptors (Lipinski definition) is 3. The van der Waals surface area contributed by atoms with E-state index in [1.165, 1.54) is 0 Å². The van der Waals surface area contributed by atoms with Crippen molar-refractivity contribution in [1.29, 1.82) is 0 Å². The summed E-state index contributed by atoms with van der Waals surface area (Å²) in [6.07, 6.45) is 0. The minimum atomic E-state index is -0.141. The minimum absolute atomic E-state index is 0.141. The summed E-state index contributed by atoms with van der Waals surface area (Å²) in [7, 11) is 0. The van der Waals surface area contributed by atoms with E-state index in [2.05, 4.69) is 0 Å². The van der Waals surface area contributed by atoms with E-state index in [4.69, 9.17) is 9.98 Å². The molecule has 1 aliphatic rings. The first-order chi connectivity index (χ1) is 13.6. The molecule has 0 atom stereocenters. The Balaban J connectivity index is 1.77. The van der Waals surface area contributed by atoms with E-state index in [0.717, 1.165) is 33.5 Å². The monoisotopic (exact) mass is 366 g/mol. The maximum Gasteiger partial charge on any atom is 0.340 e. The topological polar surface area (TPSA) is 51.6 Å². The lowest BCUT2D eigenvalue weighted by molar-refractivity contribution is 1.07. The average molecular weight is 366 g/mol. The van der Waals surface area contributed by atoms with E-state index in [1.807, 2.05) is 86.6 Å². The first kappa shape index (κ1) is 16.4. The summed E-state index contributed by atoms with van der Waals surface area (Å²) in [5.41, 5.74) is 5.43. The molecule has 5 nitrogen and oxygen atoms in total. The van der Waals surface area contributed by atoms with Gasteiger partial charge >= 0.3 is 5.69 Å². The lowest BCUT2D eigenvalue weighted by atomic mass is 10.2. The van der Waals surface area contributed by atoms with Gasteiger partial charge in [-0.15, -0.1) is 0 Å². The molecule has 2 bridgehead atoms. The van der Waals surface area contributed by atoms with E-state index >= 15 is 0 Å². The van der Waals surface area contributed by atoms with Crippen LogP contribution in [0.1, 0.15) is 11.1 Å². The number of aryl methyl sites for hydroxylation is 2. The fourth-order valence-electron chi connectivity index (χ4n) is 3.44. The summed E-state index contributed by atoms with van der Waals surface area (Å²) in [6.45, 7) is 4.07. The van der Waals surface area contributed by atoms with Crippen LogP contribution in [-0.4, -0.2) is 20.8 Å². The summed E-state index contributed by atoms with van der Waals surface area (Å²) in [4.78, 5) is 22.6. The third-order valence-electron chi connectivity index (χ3n) is 4.91. The van der Waals surface area contributed by atoms with Gasteiger partial charge in [-0.05, 0) is 50.2 Å². The Morgan fingerprint density at radius 3 is 1.39 bits per heavy atom. The van der Waals surface area contributed by atoms with Gasteiger partial charge in [-0.1, -0.05) is 47.5 Å². The van der Waals surface area contributed by atoms with E-state index in [0.29, 0.717) is 11.7 Å². The van der Waals surface area contributed by atoms with Gasteiger partial charge in [0.15, 0.2) is 11.7 Å². The van der Waals surface area contributed by atoms with Crippen molar-refractivity contribution >= 4 is 34.1 Å². The lowest BCUT2D eigenvalue weighted by Gasteiger charge is -2.11. The van der Waals surface area contributed by atoms with Gasteiger partial charge in [0.2, 0.25) is 0 Å². The molecule has 0 saturated heterocycles. The normalized spacial score (nSPS) is 15.8. The molecule has 5 rings (SSSR count). The number of rotatable bonds is 2. The van der Waals surface area contributed by atoms with Gasteiger partial charge < -0.3 is 0 Å². The molecule has 5 heteroatoms. The summed E-state index contributed by atoms with van der Waals surface area (Å²) >= 11 is 0. The highest BCUT2D eigenvalue weighted by Gasteiger charge is 2.32. The predicted molar refractivity (Wildman–Crippen MR) is 114 cm³/mol. The molecular formula is C23H18N4O. The predicted octanol–water partition coefficient (Wildman–Crippen LogP) is 4.59. The van der Waals surface area contributed by atoms with E-state index in [9.17, 15) is 4.79 Å². The number of aliphatic imine (C=N–C) groups is 2. The van der Waals surface area contributed by atoms with E-state index in [1.54, 1.807) is 9.13 Å². The second-order valence-corrected chi connectivity index (χ2v) is 6.98. The zero-order valence-corrected chi connectivity index (χ0v) is 15.6. The molecule has 2 heterocycles. The van der Waals surface area contributed by atoms with E-state index in [-0.39, 0.29) is 5.69 Å². The number of nitrogens with zero attached hydrogens (tertiary/aromatic N) is 4. The van der Waals surface area contributed by atoms with Gasteiger partial charge in [0.05, 0.1) is 22.4 Å². The van der Waals surface area contributed by atoms with Crippen molar-refractivity contribution in [3.8, 4) is 0 Å². The number of imidazole rings is 1. The SMILES string of the molecule is Cc1ccc(N=C2C(=Nc3ccc(C)cc3)n3c(=O)n2c2ccccc23)cc1. The smallest absolute Gasteiger partial charge is 0.247 e. The fourth-order valence-corrected chi connectivity index (χ4v) is 3.44. The fraction of sp³-hybridized carbons (Fsp3) is 0.0870. The summed E-state index contributed by atoms with van der Waals surface area (Å²) < 4.78 is 3.28. The Hall–Kier alpha value is -3.73. The second-order valence-electron chi connectivity index (χ2n) is 6.98. The molecule has 136 valence electrons. The second kappa shape index (κ2) is 6.16. The van der Waals surface area contributed by atoms with Crippen molar-refractivity contribution in [3.63, 3.8) is 0 Å². The molecule has 0 fully saturated rings. The highest BCUT2D eigenvalue weighted by Crippen LogP contribution is 2.24. The van der Waals surface area contributed by atoms with Gasteiger partial charge in [0, 0.05) is 0 Å². The molecule has 0 unspecified atom stereocenters.